The zero-order valence-electron chi connectivity index (χ0n) is 15.7. The van der Waals surface area contributed by atoms with Crippen LogP contribution in [0.25, 0.3) is 0 Å². The number of anilines is 2. The summed E-state index contributed by atoms with van der Waals surface area (Å²) in [6.07, 6.45) is 2.10. The molecule has 5 nitrogen and oxygen atoms in total. The van der Waals surface area contributed by atoms with Crippen molar-refractivity contribution in [1.82, 2.24) is 10.2 Å². The number of rotatable bonds is 4. The number of thiophene rings is 1. The second-order valence-electron chi connectivity index (χ2n) is 7.05. The van der Waals surface area contributed by atoms with E-state index in [1.165, 1.54) is 17.0 Å². The molecule has 0 spiro atoms. The normalized spacial score (nSPS) is 19.0. The molecule has 4 rings (SSSR count). The highest BCUT2D eigenvalue weighted by molar-refractivity contribution is 7.16. The largest absolute Gasteiger partial charge is 0.385 e. The van der Waals surface area contributed by atoms with Crippen LogP contribution in [0.15, 0.2) is 29.3 Å². The zero-order chi connectivity index (χ0) is 18.8. The van der Waals surface area contributed by atoms with Crippen LogP contribution in [0.5, 0.6) is 0 Å². The average Bonchev–Trinajstić information content (AvgIpc) is 2.95. The second-order valence-corrected chi connectivity index (χ2v) is 8.31. The number of fused-ring (bicyclic) bond motifs is 2. The number of nitrogens with one attached hydrogen (secondary N) is 2. The highest BCUT2D eigenvalue weighted by Gasteiger charge is 2.27. The van der Waals surface area contributed by atoms with E-state index in [0.717, 1.165) is 61.2 Å². The second kappa shape index (κ2) is 7.96. The summed E-state index contributed by atoms with van der Waals surface area (Å²) in [4.78, 5) is 8.47. The van der Waals surface area contributed by atoms with Crippen molar-refractivity contribution in [3.8, 4) is 0 Å². The summed E-state index contributed by atoms with van der Waals surface area (Å²) in [5.74, 6) is 0.669. The van der Waals surface area contributed by atoms with Crippen LogP contribution in [0.1, 0.15) is 23.3 Å². The number of aryl methyl sites for hydroxylation is 1. The summed E-state index contributed by atoms with van der Waals surface area (Å²) < 4.78 is 19.0. The van der Waals surface area contributed by atoms with Crippen molar-refractivity contribution in [2.24, 2.45) is 4.99 Å². The van der Waals surface area contributed by atoms with Crippen molar-refractivity contribution in [2.45, 2.75) is 25.8 Å². The first-order chi connectivity index (χ1) is 13.1. The molecule has 1 unspecified atom stereocenters. The van der Waals surface area contributed by atoms with Crippen LogP contribution in [0, 0.1) is 12.7 Å². The number of methoxy groups -OCH3 is 1. The van der Waals surface area contributed by atoms with Gasteiger partial charge in [-0.25, -0.2) is 9.38 Å². The van der Waals surface area contributed by atoms with Crippen LogP contribution in [0.2, 0.25) is 0 Å². The summed E-state index contributed by atoms with van der Waals surface area (Å²) in [5.41, 5.74) is 2.61. The van der Waals surface area contributed by atoms with E-state index in [1.54, 1.807) is 24.5 Å². The molecule has 27 heavy (non-hydrogen) atoms. The minimum atomic E-state index is -0.266. The molecular formula is C20H25FN4OS. The molecule has 1 aromatic heterocycles. The Morgan fingerprint density at radius 1 is 1.37 bits per heavy atom. The van der Waals surface area contributed by atoms with Gasteiger partial charge in [-0.1, -0.05) is 0 Å². The molecule has 0 saturated carbocycles. The van der Waals surface area contributed by atoms with Gasteiger partial charge in [0.25, 0.3) is 0 Å². The highest BCUT2D eigenvalue weighted by Crippen LogP contribution is 2.39. The van der Waals surface area contributed by atoms with Crippen LogP contribution in [0.4, 0.5) is 20.8 Å². The predicted molar refractivity (Wildman–Crippen MR) is 109 cm³/mol. The van der Waals surface area contributed by atoms with Gasteiger partial charge in [-0.3, -0.25) is 0 Å². The van der Waals surface area contributed by atoms with Gasteiger partial charge < -0.3 is 20.3 Å². The Balaban J connectivity index is 1.66. The van der Waals surface area contributed by atoms with E-state index in [-0.39, 0.29) is 5.82 Å². The molecule has 0 radical (unpaired) electrons. The Hall–Kier alpha value is -1.96. The number of nitrogens with zero attached hydrogens (tertiary/aromatic N) is 2. The third-order valence-electron chi connectivity index (χ3n) is 4.99. The molecule has 0 aliphatic carbocycles. The summed E-state index contributed by atoms with van der Waals surface area (Å²) in [7, 11) is 1.74. The van der Waals surface area contributed by atoms with Gasteiger partial charge in [-0.2, -0.15) is 0 Å². The molecule has 3 heterocycles. The average molecular weight is 389 g/mol. The van der Waals surface area contributed by atoms with Gasteiger partial charge in [-0.05, 0) is 38.0 Å². The van der Waals surface area contributed by atoms with E-state index in [2.05, 4.69) is 28.5 Å². The maximum Gasteiger partial charge on any atom is 0.139 e. The number of ether oxygens (including phenoxy) is 1. The minimum Gasteiger partial charge on any atom is -0.385 e. The molecule has 144 valence electrons. The molecule has 2 N–H and O–H groups in total. The van der Waals surface area contributed by atoms with Gasteiger partial charge in [0.15, 0.2) is 0 Å². The first-order valence-electron chi connectivity index (χ1n) is 9.37. The summed E-state index contributed by atoms with van der Waals surface area (Å²) >= 11 is 1.71. The number of hydrogen-bond acceptors (Lipinski definition) is 6. The molecule has 0 amide bonds. The topological polar surface area (TPSA) is 48.9 Å². The SMILES string of the molecule is COCCCC1CN(C2=Nc3cc(F)ccc3Nc3sc(C)cc32)CCN1. The third-order valence-corrected chi connectivity index (χ3v) is 5.95. The molecular weight excluding hydrogens is 363 g/mol. The van der Waals surface area contributed by atoms with E-state index in [1.807, 2.05) is 0 Å². The number of aliphatic imine (C=N–C) groups is 1. The van der Waals surface area contributed by atoms with Crippen LogP contribution in [0.3, 0.4) is 0 Å². The Kier molecular flexibility index (Phi) is 5.43. The molecule has 1 fully saturated rings. The smallest absolute Gasteiger partial charge is 0.139 e. The number of benzene rings is 1. The third kappa shape index (κ3) is 4.00. The molecule has 1 aromatic carbocycles. The van der Waals surface area contributed by atoms with Gasteiger partial charge in [0.1, 0.15) is 16.7 Å². The predicted octanol–water partition coefficient (Wildman–Crippen LogP) is 4.03. The van der Waals surface area contributed by atoms with E-state index >= 15 is 0 Å². The minimum absolute atomic E-state index is 0.266. The fraction of sp³-hybridized carbons (Fsp3) is 0.450. The monoisotopic (exact) mass is 388 g/mol. The number of halogens is 1. The summed E-state index contributed by atoms with van der Waals surface area (Å²) in [5, 5.41) is 8.12. The first kappa shape index (κ1) is 18.4. The van der Waals surface area contributed by atoms with E-state index in [0.29, 0.717) is 11.7 Å². The Morgan fingerprint density at radius 3 is 3.11 bits per heavy atom. The van der Waals surface area contributed by atoms with Gasteiger partial charge in [0.05, 0.1) is 16.9 Å². The van der Waals surface area contributed by atoms with Gasteiger partial charge in [0.2, 0.25) is 0 Å². The molecule has 2 aromatic rings. The molecule has 7 heteroatoms. The summed E-state index contributed by atoms with van der Waals surface area (Å²) in [6, 6.07) is 7.33. The lowest BCUT2D eigenvalue weighted by atomic mass is 10.1. The first-order valence-corrected chi connectivity index (χ1v) is 10.2. The molecule has 2 aliphatic rings. The van der Waals surface area contributed by atoms with Crippen LogP contribution >= 0.6 is 11.3 Å². The maximum atomic E-state index is 13.8. The fourth-order valence-corrected chi connectivity index (χ4v) is 4.62. The lowest BCUT2D eigenvalue weighted by Crippen LogP contribution is -2.52. The van der Waals surface area contributed by atoms with E-state index < -0.39 is 0 Å². The Bertz CT molecular complexity index is 851. The maximum absolute atomic E-state index is 13.8. The summed E-state index contributed by atoms with van der Waals surface area (Å²) in [6.45, 7) is 5.58. The number of amidine groups is 1. The van der Waals surface area contributed by atoms with Crippen molar-refractivity contribution in [1.29, 1.82) is 0 Å². The number of piperazine rings is 1. The lowest BCUT2D eigenvalue weighted by molar-refractivity contribution is 0.182. The van der Waals surface area contributed by atoms with E-state index in [4.69, 9.17) is 9.73 Å². The van der Waals surface area contributed by atoms with Crippen molar-refractivity contribution in [3.05, 3.63) is 40.5 Å². The van der Waals surface area contributed by atoms with Gasteiger partial charge in [0, 0.05) is 50.3 Å². The Morgan fingerprint density at radius 2 is 2.26 bits per heavy atom. The number of hydrogen-bond donors (Lipinski definition) is 2. The van der Waals surface area contributed by atoms with E-state index in [9.17, 15) is 4.39 Å². The fourth-order valence-electron chi connectivity index (χ4n) is 3.70. The van der Waals surface area contributed by atoms with Crippen LogP contribution in [-0.4, -0.2) is 50.1 Å². The van der Waals surface area contributed by atoms with Crippen molar-refractivity contribution in [2.75, 3.05) is 38.7 Å². The quantitative estimate of drug-likeness (QED) is 0.777. The Labute approximate surface area is 163 Å². The lowest BCUT2D eigenvalue weighted by Gasteiger charge is -2.35. The standard InChI is InChI=1S/C20H25FN4OS/c1-13-10-16-19(25-8-7-22-15(12-25)4-3-9-26-2)23-18-11-14(21)5-6-17(18)24-20(16)27-13/h5-6,10-11,15,22,24H,3-4,7-9,12H2,1-2H3. The molecule has 0 bridgehead atoms. The molecule has 2 aliphatic heterocycles. The van der Waals surface area contributed by atoms with Crippen molar-refractivity contribution in [3.63, 3.8) is 0 Å². The van der Waals surface area contributed by atoms with Crippen LogP contribution in [-0.2, 0) is 4.74 Å². The highest BCUT2D eigenvalue weighted by atomic mass is 32.1. The molecule has 1 saturated heterocycles. The zero-order valence-corrected chi connectivity index (χ0v) is 16.5. The molecule has 1 atom stereocenters. The van der Waals surface area contributed by atoms with Gasteiger partial charge >= 0.3 is 0 Å². The van der Waals surface area contributed by atoms with Gasteiger partial charge in [-0.15, -0.1) is 11.3 Å². The van der Waals surface area contributed by atoms with Crippen molar-refractivity contribution < 1.29 is 9.13 Å². The van der Waals surface area contributed by atoms with Crippen molar-refractivity contribution >= 4 is 33.5 Å². The van der Waals surface area contributed by atoms with Crippen LogP contribution < -0.4 is 10.6 Å².